The molecular weight excluding hydrogens is 292 g/mol. The minimum atomic E-state index is 0.487. The van der Waals surface area contributed by atoms with Gasteiger partial charge in [0.25, 0.3) is 0 Å². The molecule has 3 fully saturated rings. The van der Waals surface area contributed by atoms with Gasteiger partial charge in [0.15, 0.2) is 5.65 Å². The van der Waals surface area contributed by atoms with E-state index in [2.05, 4.69) is 35.1 Å². The number of fused-ring (bicyclic) bond motifs is 3. The van der Waals surface area contributed by atoms with Crippen molar-refractivity contribution in [2.24, 2.45) is 0 Å². The van der Waals surface area contributed by atoms with Crippen LogP contribution in [0.15, 0.2) is 30.7 Å². The van der Waals surface area contributed by atoms with E-state index < -0.39 is 0 Å². The fourth-order valence-electron chi connectivity index (χ4n) is 3.65. The van der Waals surface area contributed by atoms with Crippen LogP contribution in [0.25, 0.3) is 5.65 Å². The third kappa shape index (κ3) is 1.94. The number of nitrogens with zero attached hydrogens (tertiary/aromatic N) is 8. The number of anilines is 2. The second kappa shape index (κ2) is 4.61. The van der Waals surface area contributed by atoms with Gasteiger partial charge in [-0.2, -0.15) is 4.52 Å². The number of rotatable bonds is 2. The number of piperazine rings is 1. The van der Waals surface area contributed by atoms with Crippen LogP contribution in [0.5, 0.6) is 0 Å². The maximum Gasteiger partial charge on any atom is 0.177 e. The highest BCUT2D eigenvalue weighted by Crippen LogP contribution is 2.37. The normalized spacial score (nSPS) is 23.2. The first-order valence-electron chi connectivity index (χ1n) is 7.78. The molecule has 3 saturated heterocycles. The molecule has 2 bridgehead atoms. The van der Waals surface area contributed by atoms with Crippen molar-refractivity contribution in [1.29, 1.82) is 0 Å². The molecule has 23 heavy (non-hydrogen) atoms. The predicted octanol–water partition coefficient (Wildman–Crippen LogP) is 0.690. The van der Waals surface area contributed by atoms with Gasteiger partial charge in [0.05, 0.1) is 12.1 Å². The summed E-state index contributed by atoms with van der Waals surface area (Å²) in [4.78, 5) is 13.5. The zero-order valence-corrected chi connectivity index (χ0v) is 12.7. The Morgan fingerprint density at radius 1 is 1.09 bits per heavy atom. The summed E-state index contributed by atoms with van der Waals surface area (Å²) in [5.41, 5.74) is 0.772. The van der Waals surface area contributed by atoms with Gasteiger partial charge >= 0.3 is 0 Å². The molecule has 0 spiro atoms. The molecule has 6 rings (SSSR count). The van der Waals surface area contributed by atoms with Crippen molar-refractivity contribution in [3.8, 4) is 0 Å². The quantitative estimate of drug-likeness (QED) is 0.689. The highest BCUT2D eigenvalue weighted by atomic mass is 15.4. The summed E-state index contributed by atoms with van der Waals surface area (Å²) < 4.78 is 1.72. The summed E-state index contributed by atoms with van der Waals surface area (Å²) in [5, 5.41) is 12.5. The first kappa shape index (κ1) is 12.7. The second-order valence-electron chi connectivity index (χ2n) is 6.14. The van der Waals surface area contributed by atoms with E-state index in [1.165, 1.54) is 6.42 Å². The molecule has 0 N–H and O–H groups in total. The summed E-state index contributed by atoms with van der Waals surface area (Å²) >= 11 is 0. The van der Waals surface area contributed by atoms with E-state index in [-0.39, 0.29) is 0 Å². The van der Waals surface area contributed by atoms with Gasteiger partial charge in [-0.1, -0.05) is 0 Å². The van der Waals surface area contributed by atoms with E-state index >= 15 is 0 Å². The lowest BCUT2D eigenvalue weighted by Crippen LogP contribution is -2.69. The van der Waals surface area contributed by atoms with Crippen LogP contribution < -0.4 is 9.80 Å². The molecule has 0 aromatic carbocycles. The fourth-order valence-corrected chi connectivity index (χ4v) is 3.65. The average Bonchev–Trinajstić information content (AvgIpc) is 3.02. The van der Waals surface area contributed by atoms with Crippen molar-refractivity contribution < 1.29 is 0 Å². The molecule has 0 radical (unpaired) electrons. The van der Waals surface area contributed by atoms with E-state index in [1.54, 1.807) is 10.8 Å². The SMILES string of the molecule is Cc1nccc(N2C3CC2CN(c2ccc4nncn4n2)C3)n1. The van der Waals surface area contributed by atoms with Gasteiger partial charge in [0.1, 0.15) is 23.8 Å². The summed E-state index contributed by atoms with van der Waals surface area (Å²) in [6.07, 6.45) is 4.69. The number of aryl methyl sites for hydroxylation is 1. The second-order valence-corrected chi connectivity index (χ2v) is 6.14. The number of piperidine rings is 1. The number of hydrogen-bond acceptors (Lipinski definition) is 7. The lowest BCUT2D eigenvalue weighted by Gasteiger charge is -2.57. The Morgan fingerprint density at radius 3 is 2.78 bits per heavy atom. The topological polar surface area (TPSA) is 75.3 Å². The fraction of sp³-hybridized carbons (Fsp3) is 0.400. The molecule has 2 unspecified atom stereocenters. The van der Waals surface area contributed by atoms with Gasteiger partial charge in [0.2, 0.25) is 0 Å². The van der Waals surface area contributed by atoms with E-state index in [4.69, 9.17) is 0 Å². The van der Waals surface area contributed by atoms with Crippen molar-refractivity contribution in [3.63, 3.8) is 0 Å². The highest BCUT2D eigenvalue weighted by Gasteiger charge is 2.45. The standard InChI is InChI=1S/C15H16N8/c1-10-16-5-4-13(18-10)23-11-6-12(23)8-21(7-11)15-3-2-14-19-17-9-22(14)20-15/h2-5,9,11-12H,6-8H2,1H3. The molecule has 116 valence electrons. The van der Waals surface area contributed by atoms with Crippen LogP contribution in [0, 0.1) is 6.92 Å². The third-order valence-corrected chi connectivity index (χ3v) is 4.69. The van der Waals surface area contributed by atoms with Crippen molar-refractivity contribution in [1.82, 2.24) is 29.8 Å². The summed E-state index contributed by atoms with van der Waals surface area (Å²) in [6.45, 7) is 3.85. The Bertz CT molecular complexity index is 863. The number of aromatic nitrogens is 6. The monoisotopic (exact) mass is 308 g/mol. The zero-order valence-electron chi connectivity index (χ0n) is 12.7. The minimum absolute atomic E-state index is 0.487. The Balaban J connectivity index is 1.39. The van der Waals surface area contributed by atoms with Crippen molar-refractivity contribution in [2.45, 2.75) is 25.4 Å². The zero-order chi connectivity index (χ0) is 15.4. The molecule has 3 aliphatic rings. The molecule has 0 saturated carbocycles. The van der Waals surface area contributed by atoms with E-state index in [9.17, 15) is 0 Å². The first-order chi connectivity index (χ1) is 11.3. The Hall–Kier alpha value is -2.77. The summed E-state index contributed by atoms with van der Waals surface area (Å²) in [7, 11) is 0. The van der Waals surface area contributed by atoms with Gasteiger partial charge < -0.3 is 9.80 Å². The Labute approximate surface area is 132 Å². The van der Waals surface area contributed by atoms with Gasteiger partial charge in [-0.3, -0.25) is 0 Å². The smallest absolute Gasteiger partial charge is 0.177 e. The summed E-state index contributed by atoms with van der Waals surface area (Å²) in [5.74, 6) is 2.84. The van der Waals surface area contributed by atoms with Gasteiger partial charge in [-0.05, 0) is 31.5 Å². The predicted molar refractivity (Wildman–Crippen MR) is 84.4 cm³/mol. The molecule has 6 heterocycles. The molecule has 3 aromatic rings. The van der Waals surface area contributed by atoms with Crippen LogP contribution in [-0.2, 0) is 0 Å². The van der Waals surface area contributed by atoms with Crippen LogP contribution in [0.4, 0.5) is 11.6 Å². The van der Waals surface area contributed by atoms with Crippen molar-refractivity contribution in [3.05, 3.63) is 36.5 Å². The highest BCUT2D eigenvalue weighted by molar-refractivity contribution is 5.52. The molecule has 8 heteroatoms. The maximum atomic E-state index is 4.60. The van der Waals surface area contributed by atoms with Crippen LogP contribution >= 0.6 is 0 Å². The Kier molecular flexibility index (Phi) is 2.55. The first-order valence-corrected chi connectivity index (χ1v) is 7.78. The Morgan fingerprint density at radius 2 is 1.96 bits per heavy atom. The summed E-state index contributed by atoms with van der Waals surface area (Å²) in [6, 6.07) is 6.96. The lowest BCUT2D eigenvalue weighted by molar-refractivity contribution is 0.287. The average molecular weight is 308 g/mol. The molecule has 0 amide bonds. The van der Waals surface area contributed by atoms with E-state index in [0.29, 0.717) is 12.1 Å². The van der Waals surface area contributed by atoms with Gasteiger partial charge in [0, 0.05) is 19.3 Å². The lowest BCUT2D eigenvalue weighted by atomic mass is 9.87. The van der Waals surface area contributed by atoms with E-state index in [1.807, 2.05) is 31.3 Å². The van der Waals surface area contributed by atoms with Gasteiger partial charge in [-0.25, -0.2) is 9.97 Å². The largest absolute Gasteiger partial charge is 0.351 e. The van der Waals surface area contributed by atoms with Crippen LogP contribution in [0.3, 0.4) is 0 Å². The third-order valence-electron chi connectivity index (χ3n) is 4.69. The molecule has 8 nitrogen and oxygen atoms in total. The van der Waals surface area contributed by atoms with Crippen molar-refractivity contribution in [2.75, 3.05) is 22.9 Å². The minimum Gasteiger partial charge on any atom is -0.351 e. The van der Waals surface area contributed by atoms with Crippen molar-refractivity contribution >= 4 is 17.3 Å². The van der Waals surface area contributed by atoms with Crippen LogP contribution in [0.2, 0.25) is 0 Å². The maximum absolute atomic E-state index is 4.60. The van der Waals surface area contributed by atoms with Gasteiger partial charge in [-0.15, -0.1) is 15.3 Å². The number of hydrogen-bond donors (Lipinski definition) is 0. The van der Waals surface area contributed by atoms with Crippen LogP contribution in [0.1, 0.15) is 12.2 Å². The molecule has 2 atom stereocenters. The van der Waals surface area contributed by atoms with Crippen LogP contribution in [-0.4, -0.2) is 55.0 Å². The molecular formula is C15H16N8. The molecule has 0 aliphatic carbocycles. The van der Waals surface area contributed by atoms with E-state index in [0.717, 1.165) is 36.2 Å². The molecule has 3 aromatic heterocycles. The molecule has 3 aliphatic heterocycles.